The second-order valence-electron chi connectivity index (χ2n) is 7.05. The molecule has 8 heteroatoms. The predicted molar refractivity (Wildman–Crippen MR) is 98.2 cm³/mol. The number of fused-ring (bicyclic) bond motifs is 2. The Morgan fingerprint density at radius 3 is 2.41 bits per heavy atom. The number of nitrogens with zero attached hydrogens (tertiary/aromatic N) is 1. The number of carboxylic acid groups (broad SMARTS) is 1. The van der Waals surface area contributed by atoms with Gasteiger partial charge in [0.1, 0.15) is 11.3 Å². The van der Waals surface area contributed by atoms with E-state index in [0.717, 1.165) is 25.7 Å². The van der Waals surface area contributed by atoms with Crippen molar-refractivity contribution < 1.29 is 27.5 Å². The third-order valence-electron chi connectivity index (χ3n) is 5.54. The maximum Gasteiger partial charge on any atom is 0.339 e. The molecule has 0 radical (unpaired) electrons. The molecule has 2 fully saturated rings. The standard InChI is InChI=1S/C19H21NO6S/c1-25-18-16(12-8-9-26-10-12)7-2-13(17(18)19(21)22)11-27(23,24)20-14-3-4-15(20)6-5-14/h2,7-10,14-15H,3-6,11H2,1H3,(H,21,22). The fraction of sp³-hybridized carbons (Fsp3) is 0.421. The molecule has 144 valence electrons. The first-order chi connectivity index (χ1) is 12.9. The maximum absolute atomic E-state index is 13.0. The van der Waals surface area contributed by atoms with E-state index in [0.29, 0.717) is 11.1 Å². The minimum absolute atomic E-state index is 0.0559. The number of hydrogen-bond acceptors (Lipinski definition) is 5. The van der Waals surface area contributed by atoms with Gasteiger partial charge in [-0.3, -0.25) is 0 Å². The molecule has 1 N–H and O–H groups in total. The Hall–Kier alpha value is -2.32. The van der Waals surface area contributed by atoms with E-state index in [9.17, 15) is 18.3 Å². The number of carbonyl (C=O) groups is 1. The van der Waals surface area contributed by atoms with Gasteiger partial charge in [0.15, 0.2) is 0 Å². The normalized spacial score (nSPS) is 22.3. The van der Waals surface area contributed by atoms with Crippen molar-refractivity contribution in [2.45, 2.75) is 43.5 Å². The average Bonchev–Trinajstić information content (AvgIpc) is 3.37. The van der Waals surface area contributed by atoms with Gasteiger partial charge in [-0.1, -0.05) is 12.1 Å². The van der Waals surface area contributed by atoms with Gasteiger partial charge in [-0.15, -0.1) is 0 Å². The van der Waals surface area contributed by atoms with Gasteiger partial charge in [-0.2, -0.15) is 4.31 Å². The Kier molecular flexibility index (Phi) is 4.47. The van der Waals surface area contributed by atoms with Crippen molar-refractivity contribution in [3.8, 4) is 16.9 Å². The smallest absolute Gasteiger partial charge is 0.339 e. The minimum atomic E-state index is -3.60. The molecule has 2 aliphatic heterocycles. The third kappa shape index (κ3) is 3.02. The SMILES string of the molecule is COc1c(-c2ccoc2)ccc(CS(=O)(=O)N2C3CCC2CC3)c1C(=O)O. The summed E-state index contributed by atoms with van der Waals surface area (Å²) in [4.78, 5) is 12.0. The lowest BCUT2D eigenvalue weighted by molar-refractivity contribution is 0.0692. The molecule has 0 amide bonds. The summed E-state index contributed by atoms with van der Waals surface area (Å²) in [5, 5.41) is 9.77. The third-order valence-corrected chi connectivity index (χ3v) is 7.45. The summed E-state index contributed by atoms with van der Waals surface area (Å²) in [6.45, 7) is 0. The summed E-state index contributed by atoms with van der Waals surface area (Å²) >= 11 is 0. The van der Waals surface area contributed by atoms with Crippen molar-refractivity contribution in [3.05, 3.63) is 41.9 Å². The van der Waals surface area contributed by atoms with Crippen LogP contribution in [0.4, 0.5) is 0 Å². The number of carboxylic acids is 1. The van der Waals surface area contributed by atoms with Crippen molar-refractivity contribution in [3.63, 3.8) is 0 Å². The molecular weight excluding hydrogens is 370 g/mol. The number of rotatable bonds is 6. The number of ether oxygens (including phenoxy) is 1. The van der Waals surface area contributed by atoms with Crippen LogP contribution in [0.2, 0.25) is 0 Å². The van der Waals surface area contributed by atoms with Crippen LogP contribution in [0.3, 0.4) is 0 Å². The van der Waals surface area contributed by atoms with E-state index in [2.05, 4.69) is 0 Å². The van der Waals surface area contributed by atoms with Crippen molar-refractivity contribution in [2.75, 3.05) is 7.11 Å². The Balaban J connectivity index is 1.76. The highest BCUT2D eigenvalue weighted by molar-refractivity contribution is 7.88. The number of methoxy groups -OCH3 is 1. The van der Waals surface area contributed by atoms with E-state index in [1.807, 2.05) is 0 Å². The fourth-order valence-corrected chi connectivity index (χ4v) is 6.54. The lowest BCUT2D eigenvalue weighted by Crippen LogP contribution is -2.36. The highest BCUT2D eigenvalue weighted by atomic mass is 32.2. The van der Waals surface area contributed by atoms with Gasteiger partial charge in [-0.25, -0.2) is 13.2 Å². The summed E-state index contributed by atoms with van der Waals surface area (Å²) < 4.78 is 38.1. The summed E-state index contributed by atoms with van der Waals surface area (Å²) in [6.07, 6.45) is 6.52. The summed E-state index contributed by atoms with van der Waals surface area (Å²) in [5.74, 6) is -1.42. The van der Waals surface area contributed by atoms with E-state index in [1.165, 1.54) is 19.6 Å². The first-order valence-electron chi connectivity index (χ1n) is 8.89. The molecule has 1 aromatic heterocycles. The zero-order valence-corrected chi connectivity index (χ0v) is 15.7. The van der Waals surface area contributed by atoms with Crippen molar-refractivity contribution in [1.29, 1.82) is 0 Å². The van der Waals surface area contributed by atoms with E-state index in [4.69, 9.17) is 9.15 Å². The second-order valence-corrected chi connectivity index (χ2v) is 8.92. The number of furan rings is 1. The zero-order chi connectivity index (χ0) is 19.2. The van der Waals surface area contributed by atoms with Gasteiger partial charge in [0.2, 0.25) is 10.0 Å². The van der Waals surface area contributed by atoms with E-state index in [1.54, 1.807) is 22.5 Å². The van der Waals surface area contributed by atoms with Crippen LogP contribution in [0.25, 0.3) is 11.1 Å². The fourth-order valence-electron chi connectivity index (χ4n) is 4.43. The largest absolute Gasteiger partial charge is 0.495 e. The Morgan fingerprint density at radius 1 is 1.22 bits per heavy atom. The molecule has 0 saturated carbocycles. The Labute approximate surface area is 157 Å². The van der Waals surface area contributed by atoms with Crippen molar-refractivity contribution >= 4 is 16.0 Å². The Morgan fingerprint density at radius 2 is 1.89 bits per heavy atom. The first kappa shape index (κ1) is 18.1. The van der Waals surface area contributed by atoms with Crippen molar-refractivity contribution in [2.24, 2.45) is 0 Å². The summed E-state index contributed by atoms with van der Waals surface area (Å²) in [5.41, 5.74) is 1.33. The van der Waals surface area contributed by atoms with Crippen LogP contribution >= 0.6 is 0 Å². The highest BCUT2D eigenvalue weighted by Crippen LogP contribution is 2.41. The first-order valence-corrected chi connectivity index (χ1v) is 10.5. The molecular formula is C19H21NO6S. The maximum atomic E-state index is 13.0. The quantitative estimate of drug-likeness (QED) is 0.813. The molecule has 2 aliphatic rings. The molecule has 1 aromatic carbocycles. The molecule has 2 aromatic rings. The molecule has 7 nitrogen and oxygen atoms in total. The predicted octanol–water partition coefficient (Wildman–Crippen LogP) is 3.11. The minimum Gasteiger partial charge on any atom is -0.495 e. The molecule has 3 heterocycles. The molecule has 27 heavy (non-hydrogen) atoms. The molecule has 0 atom stereocenters. The molecule has 2 bridgehead atoms. The number of hydrogen-bond donors (Lipinski definition) is 1. The number of sulfonamides is 1. The lowest BCUT2D eigenvalue weighted by Gasteiger charge is -2.22. The molecule has 0 spiro atoms. The molecule has 4 rings (SSSR count). The highest BCUT2D eigenvalue weighted by Gasteiger charge is 2.46. The van der Waals surface area contributed by atoms with Gasteiger partial charge >= 0.3 is 5.97 Å². The van der Waals surface area contributed by atoms with Crippen LogP contribution in [-0.4, -0.2) is 43.0 Å². The van der Waals surface area contributed by atoms with Gasteiger partial charge in [0.05, 0.1) is 25.4 Å². The monoisotopic (exact) mass is 391 g/mol. The number of aromatic carboxylic acids is 1. The van der Waals surface area contributed by atoms with Crippen LogP contribution in [0.5, 0.6) is 5.75 Å². The zero-order valence-electron chi connectivity index (χ0n) is 14.9. The van der Waals surface area contributed by atoms with Gasteiger partial charge in [-0.05, 0) is 37.3 Å². The number of benzene rings is 1. The van der Waals surface area contributed by atoms with Crippen LogP contribution in [0, 0.1) is 0 Å². The topological polar surface area (TPSA) is 97.0 Å². The summed E-state index contributed by atoms with van der Waals surface area (Å²) in [7, 11) is -2.22. The summed E-state index contributed by atoms with van der Waals surface area (Å²) in [6, 6.07) is 5.05. The van der Waals surface area contributed by atoms with Gasteiger partial charge in [0, 0.05) is 23.2 Å². The van der Waals surface area contributed by atoms with Crippen LogP contribution in [0.1, 0.15) is 41.6 Å². The molecule has 0 aliphatic carbocycles. The van der Waals surface area contributed by atoms with Gasteiger partial charge in [0.25, 0.3) is 0 Å². The molecule has 2 saturated heterocycles. The van der Waals surface area contributed by atoms with E-state index < -0.39 is 16.0 Å². The Bertz CT molecular complexity index is 946. The van der Waals surface area contributed by atoms with Crippen LogP contribution in [-0.2, 0) is 15.8 Å². The van der Waals surface area contributed by atoms with Crippen molar-refractivity contribution in [1.82, 2.24) is 4.31 Å². The molecule has 0 unspecified atom stereocenters. The average molecular weight is 391 g/mol. The van der Waals surface area contributed by atoms with E-state index >= 15 is 0 Å². The second kappa shape index (κ2) is 6.69. The lowest BCUT2D eigenvalue weighted by atomic mass is 9.99. The van der Waals surface area contributed by atoms with Crippen LogP contribution in [0.15, 0.2) is 35.1 Å². The van der Waals surface area contributed by atoms with Crippen LogP contribution < -0.4 is 4.74 Å². The van der Waals surface area contributed by atoms with E-state index in [-0.39, 0.29) is 34.7 Å². The van der Waals surface area contributed by atoms with Gasteiger partial charge < -0.3 is 14.3 Å².